The smallest absolute Gasteiger partial charge is 0.119 e. The minimum Gasteiger partial charge on any atom is -0.497 e. The van der Waals surface area contributed by atoms with E-state index in [-0.39, 0.29) is 6.61 Å². The van der Waals surface area contributed by atoms with Gasteiger partial charge in [-0.25, -0.2) is 0 Å². The van der Waals surface area contributed by atoms with Crippen LogP contribution in [0.1, 0.15) is 49.1 Å². The first-order valence-electron chi connectivity index (χ1n) is 6.63. The van der Waals surface area contributed by atoms with E-state index < -0.39 is 0 Å². The molecule has 17 heavy (non-hydrogen) atoms. The van der Waals surface area contributed by atoms with Crippen molar-refractivity contribution < 1.29 is 9.84 Å². The molecule has 0 bridgehead atoms. The summed E-state index contributed by atoms with van der Waals surface area (Å²) >= 11 is 0. The van der Waals surface area contributed by atoms with E-state index in [0.29, 0.717) is 5.92 Å². The number of benzene rings is 1. The lowest BCUT2D eigenvalue weighted by Gasteiger charge is -2.24. The Morgan fingerprint density at radius 2 is 2.00 bits per heavy atom. The van der Waals surface area contributed by atoms with Gasteiger partial charge in [0, 0.05) is 6.61 Å². The molecule has 0 unspecified atom stereocenters. The lowest BCUT2D eigenvalue weighted by Crippen LogP contribution is -2.08. The summed E-state index contributed by atoms with van der Waals surface area (Å²) < 4.78 is 5.26. The average molecular weight is 234 g/mol. The number of methoxy groups -OCH3 is 1. The number of ether oxygens (including phenoxy) is 1. The van der Waals surface area contributed by atoms with Crippen LogP contribution in [-0.2, 0) is 6.42 Å². The molecule has 1 aliphatic rings. The first-order chi connectivity index (χ1) is 8.35. The maximum Gasteiger partial charge on any atom is 0.119 e. The van der Waals surface area contributed by atoms with E-state index in [0.717, 1.165) is 12.2 Å². The molecule has 1 saturated carbocycles. The molecule has 0 atom stereocenters. The third kappa shape index (κ3) is 3.01. The first kappa shape index (κ1) is 12.4. The van der Waals surface area contributed by atoms with Gasteiger partial charge in [-0.3, -0.25) is 0 Å². The van der Waals surface area contributed by atoms with E-state index in [2.05, 4.69) is 12.1 Å². The molecule has 2 nitrogen and oxygen atoms in total. The number of hydrogen-bond donors (Lipinski definition) is 1. The Morgan fingerprint density at radius 1 is 1.24 bits per heavy atom. The molecule has 0 heterocycles. The molecule has 0 aliphatic heterocycles. The van der Waals surface area contributed by atoms with E-state index in [1.54, 1.807) is 7.11 Å². The van der Waals surface area contributed by atoms with E-state index in [9.17, 15) is 0 Å². The lowest BCUT2D eigenvalue weighted by molar-refractivity contribution is 0.298. The van der Waals surface area contributed by atoms with Gasteiger partial charge in [0.25, 0.3) is 0 Å². The van der Waals surface area contributed by atoms with Crippen molar-refractivity contribution in [1.29, 1.82) is 0 Å². The van der Waals surface area contributed by atoms with Crippen LogP contribution in [0.15, 0.2) is 18.2 Å². The molecular formula is C15H22O2. The molecule has 0 spiro atoms. The van der Waals surface area contributed by atoms with E-state index in [4.69, 9.17) is 9.84 Å². The molecule has 1 N–H and O–H groups in total. The zero-order valence-corrected chi connectivity index (χ0v) is 10.6. The third-order valence-corrected chi connectivity index (χ3v) is 3.78. The van der Waals surface area contributed by atoms with Gasteiger partial charge in [-0.2, -0.15) is 0 Å². The molecule has 1 aromatic rings. The van der Waals surface area contributed by atoms with Crippen LogP contribution in [0, 0.1) is 0 Å². The minimum absolute atomic E-state index is 0.215. The SMILES string of the molecule is COc1ccc(C2CCCCC2)c(CCO)c1. The molecule has 1 aromatic carbocycles. The Kier molecular flexibility index (Phi) is 4.43. The predicted molar refractivity (Wildman–Crippen MR) is 69.6 cm³/mol. The summed E-state index contributed by atoms with van der Waals surface area (Å²) in [6, 6.07) is 6.32. The summed E-state index contributed by atoms with van der Waals surface area (Å²) in [7, 11) is 1.69. The van der Waals surface area contributed by atoms with Crippen molar-refractivity contribution in [1.82, 2.24) is 0 Å². The minimum atomic E-state index is 0.215. The largest absolute Gasteiger partial charge is 0.497 e. The number of hydrogen-bond acceptors (Lipinski definition) is 2. The molecule has 0 aromatic heterocycles. The zero-order valence-electron chi connectivity index (χ0n) is 10.6. The highest BCUT2D eigenvalue weighted by Crippen LogP contribution is 2.35. The maximum atomic E-state index is 9.17. The topological polar surface area (TPSA) is 29.5 Å². The molecule has 0 amide bonds. The van der Waals surface area contributed by atoms with Gasteiger partial charge in [-0.1, -0.05) is 25.3 Å². The van der Waals surface area contributed by atoms with Gasteiger partial charge in [0.05, 0.1) is 7.11 Å². The van der Waals surface area contributed by atoms with Crippen molar-refractivity contribution in [3.63, 3.8) is 0 Å². The van der Waals surface area contributed by atoms with Crippen molar-refractivity contribution in [3.05, 3.63) is 29.3 Å². The molecule has 1 fully saturated rings. The fourth-order valence-electron chi connectivity index (χ4n) is 2.86. The van der Waals surface area contributed by atoms with Crippen LogP contribution in [0.3, 0.4) is 0 Å². The summed E-state index contributed by atoms with van der Waals surface area (Å²) in [6.07, 6.45) is 7.39. The van der Waals surface area contributed by atoms with Crippen LogP contribution >= 0.6 is 0 Å². The highest BCUT2D eigenvalue weighted by atomic mass is 16.5. The predicted octanol–water partition coefficient (Wildman–Crippen LogP) is 3.28. The summed E-state index contributed by atoms with van der Waals surface area (Å²) in [5, 5.41) is 9.17. The van der Waals surface area contributed by atoms with Crippen molar-refractivity contribution in [3.8, 4) is 5.75 Å². The summed E-state index contributed by atoms with van der Waals surface area (Å²) in [4.78, 5) is 0. The molecule has 0 radical (unpaired) electrons. The van der Waals surface area contributed by atoms with E-state index in [1.165, 1.54) is 43.2 Å². The highest BCUT2D eigenvalue weighted by molar-refractivity contribution is 5.38. The Hall–Kier alpha value is -1.02. The van der Waals surface area contributed by atoms with E-state index in [1.807, 2.05) is 6.07 Å². The second kappa shape index (κ2) is 6.06. The maximum absolute atomic E-state index is 9.17. The van der Waals surface area contributed by atoms with Gasteiger partial charge in [0.15, 0.2) is 0 Å². The van der Waals surface area contributed by atoms with Gasteiger partial charge >= 0.3 is 0 Å². The molecule has 1 aliphatic carbocycles. The highest BCUT2D eigenvalue weighted by Gasteiger charge is 2.18. The Labute approximate surface area is 104 Å². The average Bonchev–Trinajstić information content (AvgIpc) is 2.40. The molecule has 0 saturated heterocycles. The molecule has 2 rings (SSSR count). The second-order valence-electron chi connectivity index (χ2n) is 4.87. The Morgan fingerprint density at radius 3 is 2.65 bits per heavy atom. The van der Waals surface area contributed by atoms with Crippen LogP contribution in [0.4, 0.5) is 0 Å². The molecule has 2 heteroatoms. The van der Waals surface area contributed by atoms with Crippen LogP contribution in [0.2, 0.25) is 0 Å². The number of aliphatic hydroxyl groups excluding tert-OH is 1. The van der Waals surface area contributed by atoms with Gasteiger partial charge in [0.2, 0.25) is 0 Å². The van der Waals surface area contributed by atoms with Crippen molar-refractivity contribution in [2.45, 2.75) is 44.4 Å². The molecular weight excluding hydrogens is 212 g/mol. The monoisotopic (exact) mass is 234 g/mol. The van der Waals surface area contributed by atoms with Crippen LogP contribution in [-0.4, -0.2) is 18.8 Å². The van der Waals surface area contributed by atoms with Crippen molar-refractivity contribution >= 4 is 0 Å². The van der Waals surface area contributed by atoms with Crippen LogP contribution < -0.4 is 4.74 Å². The quantitative estimate of drug-likeness (QED) is 0.866. The van der Waals surface area contributed by atoms with Gasteiger partial charge in [-0.15, -0.1) is 0 Å². The van der Waals surface area contributed by atoms with Crippen LogP contribution in [0.25, 0.3) is 0 Å². The summed E-state index contributed by atoms with van der Waals surface area (Å²) in [5.41, 5.74) is 2.69. The normalized spacial score (nSPS) is 17.1. The standard InChI is InChI=1S/C15H22O2/c1-17-14-7-8-15(13(11-14)9-10-16)12-5-3-2-4-6-12/h7-8,11-12,16H,2-6,9-10H2,1H3. The van der Waals surface area contributed by atoms with Crippen molar-refractivity contribution in [2.24, 2.45) is 0 Å². The van der Waals surface area contributed by atoms with Crippen LogP contribution in [0.5, 0.6) is 5.75 Å². The van der Waals surface area contributed by atoms with Gasteiger partial charge in [-0.05, 0) is 48.4 Å². The van der Waals surface area contributed by atoms with Gasteiger partial charge < -0.3 is 9.84 Å². The second-order valence-corrected chi connectivity index (χ2v) is 4.87. The Bertz CT molecular complexity index is 354. The zero-order chi connectivity index (χ0) is 12.1. The first-order valence-corrected chi connectivity index (χ1v) is 6.63. The van der Waals surface area contributed by atoms with E-state index >= 15 is 0 Å². The summed E-state index contributed by atoms with van der Waals surface area (Å²) in [6.45, 7) is 0.215. The fraction of sp³-hybridized carbons (Fsp3) is 0.600. The summed E-state index contributed by atoms with van der Waals surface area (Å²) in [5.74, 6) is 1.59. The fourth-order valence-corrected chi connectivity index (χ4v) is 2.86. The van der Waals surface area contributed by atoms with Gasteiger partial charge in [0.1, 0.15) is 5.75 Å². The Balaban J connectivity index is 2.24. The third-order valence-electron chi connectivity index (χ3n) is 3.78. The number of aliphatic hydroxyl groups is 1. The number of rotatable bonds is 4. The molecule has 94 valence electrons. The lowest BCUT2D eigenvalue weighted by atomic mass is 9.81. The van der Waals surface area contributed by atoms with Crippen molar-refractivity contribution in [2.75, 3.05) is 13.7 Å².